The minimum Gasteiger partial charge on any atom is -0.349 e. The number of halogens is 3. The minimum absolute atomic E-state index is 0.330. The Morgan fingerprint density at radius 3 is 2.75 bits per heavy atom. The first kappa shape index (κ1) is 9.89. The lowest BCUT2D eigenvalue weighted by molar-refractivity contribution is -0.137. The Labute approximate surface area is 90.3 Å². The van der Waals surface area contributed by atoms with E-state index in [0.717, 1.165) is 25.2 Å². The fourth-order valence-electron chi connectivity index (χ4n) is 2.13. The standard InChI is InChI=1S/C10H10F3N3/c11-10(12,13)6-1-2-14-9(3-6)16-5-7-8(16)4-15-7/h1-3,7-8,15H,4-5H2/t7?,8-/m0/s1. The van der Waals surface area contributed by atoms with Gasteiger partial charge in [0.2, 0.25) is 0 Å². The summed E-state index contributed by atoms with van der Waals surface area (Å²) in [6.07, 6.45) is -3.07. The second kappa shape index (κ2) is 3.10. The molecule has 3 rings (SSSR count). The van der Waals surface area contributed by atoms with Crippen LogP contribution in [0.4, 0.5) is 19.0 Å². The number of nitrogens with zero attached hydrogens (tertiary/aromatic N) is 2. The van der Waals surface area contributed by atoms with Crippen molar-refractivity contribution in [2.75, 3.05) is 18.0 Å². The summed E-state index contributed by atoms with van der Waals surface area (Å²) >= 11 is 0. The van der Waals surface area contributed by atoms with Crippen LogP contribution in [-0.4, -0.2) is 30.2 Å². The number of aromatic nitrogens is 1. The molecule has 0 radical (unpaired) electrons. The molecular formula is C10H10F3N3. The molecule has 0 bridgehead atoms. The third-order valence-electron chi connectivity index (χ3n) is 3.21. The molecule has 3 nitrogen and oxygen atoms in total. The average Bonchev–Trinajstić information content (AvgIpc) is 2.21. The van der Waals surface area contributed by atoms with Gasteiger partial charge < -0.3 is 10.2 Å². The molecule has 2 aliphatic heterocycles. The van der Waals surface area contributed by atoms with Crippen molar-refractivity contribution in [3.8, 4) is 0 Å². The molecule has 0 aromatic carbocycles. The van der Waals surface area contributed by atoms with E-state index >= 15 is 0 Å². The average molecular weight is 229 g/mol. The van der Waals surface area contributed by atoms with Gasteiger partial charge in [-0.15, -0.1) is 0 Å². The third-order valence-corrected chi connectivity index (χ3v) is 3.21. The lowest BCUT2D eigenvalue weighted by Crippen LogP contribution is -2.78. The minimum atomic E-state index is -4.29. The summed E-state index contributed by atoms with van der Waals surface area (Å²) in [7, 11) is 0. The first-order valence-corrected chi connectivity index (χ1v) is 5.09. The van der Waals surface area contributed by atoms with Gasteiger partial charge in [-0.1, -0.05) is 0 Å². The first-order valence-electron chi connectivity index (χ1n) is 5.09. The number of alkyl halides is 3. The van der Waals surface area contributed by atoms with Crippen LogP contribution >= 0.6 is 0 Å². The van der Waals surface area contributed by atoms with E-state index in [1.54, 1.807) is 0 Å². The predicted molar refractivity (Wildman–Crippen MR) is 52.2 cm³/mol. The summed E-state index contributed by atoms with van der Waals surface area (Å²) < 4.78 is 37.4. The number of hydrogen-bond donors (Lipinski definition) is 1. The van der Waals surface area contributed by atoms with Crippen LogP contribution in [0, 0.1) is 0 Å². The van der Waals surface area contributed by atoms with Crippen LogP contribution in [0.1, 0.15) is 5.56 Å². The summed E-state index contributed by atoms with van der Waals surface area (Å²) in [5.41, 5.74) is -0.631. The highest BCUT2D eigenvalue weighted by atomic mass is 19.4. The highest BCUT2D eigenvalue weighted by Gasteiger charge is 2.46. The number of pyridine rings is 1. The molecule has 2 aliphatic rings. The Kier molecular flexibility index (Phi) is 1.92. The molecule has 1 N–H and O–H groups in total. The molecule has 1 aromatic heterocycles. The van der Waals surface area contributed by atoms with Gasteiger partial charge in [-0.3, -0.25) is 0 Å². The van der Waals surface area contributed by atoms with Crippen LogP contribution in [0.3, 0.4) is 0 Å². The first-order chi connectivity index (χ1) is 7.55. The summed E-state index contributed by atoms with van der Waals surface area (Å²) in [4.78, 5) is 5.90. The van der Waals surface area contributed by atoms with E-state index in [0.29, 0.717) is 17.9 Å². The summed E-state index contributed by atoms with van der Waals surface area (Å²) in [5, 5.41) is 3.20. The highest BCUT2D eigenvalue weighted by molar-refractivity contribution is 5.49. The fourth-order valence-corrected chi connectivity index (χ4v) is 2.13. The Hall–Kier alpha value is -1.30. The maximum Gasteiger partial charge on any atom is 0.416 e. The zero-order valence-corrected chi connectivity index (χ0v) is 8.33. The zero-order valence-electron chi connectivity index (χ0n) is 8.33. The summed E-state index contributed by atoms with van der Waals surface area (Å²) in [5.74, 6) is 0.428. The molecule has 6 heteroatoms. The zero-order chi connectivity index (χ0) is 11.3. The predicted octanol–water partition coefficient (Wildman–Crippen LogP) is 1.26. The van der Waals surface area contributed by atoms with Crippen molar-refractivity contribution in [3.05, 3.63) is 23.9 Å². The van der Waals surface area contributed by atoms with Crippen molar-refractivity contribution in [2.24, 2.45) is 0 Å². The van der Waals surface area contributed by atoms with Gasteiger partial charge in [0.1, 0.15) is 5.82 Å². The Morgan fingerprint density at radius 1 is 1.44 bits per heavy atom. The Morgan fingerprint density at radius 2 is 2.25 bits per heavy atom. The van der Waals surface area contributed by atoms with E-state index in [1.165, 1.54) is 6.20 Å². The van der Waals surface area contributed by atoms with Crippen LogP contribution in [-0.2, 0) is 6.18 Å². The largest absolute Gasteiger partial charge is 0.416 e. The third kappa shape index (κ3) is 1.36. The van der Waals surface area contributed by atoms with E-state index in [4.69, 9.17) is 0 Å². The van der Waals surface area contributed by atoms with Crippen molar-refractivity contribution in [1.29, 1.82) is 0 Å². The molecule has 16 heavy (non-hydrogen) atoms. The number of piperazine rings is 1. The lowest BCUT2D eigenvalue weighted by atomic mass is 9.88. The monoisotopic (exact) mass is 229 g/mol. The molecule has 1 aromatic rings. The second-order valence-corrected chi connectivity index (χ2v) is 4.13. The van der Waals surface area contributed by atoms with Crippen LogP contribution < -0.4 is 10.2 Å². The summed E-state index contributed by atoms with van der Waals surface area (Å²) in [6, 6.07) is 2.89. The van der Waals surface area contributed by atoms with Gasteiger partial charge in [0.15, 0.2) is 0 Å². The molecule has 86 valence electrons. The molecule has 0 saturated carbocycles. The maximum absolute atomic E-state index is 12.5. The van der Waals surface area contributed by atoms with Crippen LogP contribution in [0.5, 0.6) is 0 Å². The van der Waals surface area contributed by atoms with E-state index in [-0.39, 0.29) is 0 Å². The van der Waals surface area contributed by atoms with E-state index in [9.17, 15) is 13.2 Å². The molecule has 3 heterocycles. The Bertz CT molecular complexity index is 418. The molecule has 2 fully saturated rings. The maximum atomic E-state index is 12.5. The van der Waals surface area contributed by atoms with Gasteiger partial charge in [-0.2, -0.15) is 13.2 Å². The molecule has 0 amide bonds. The second-order valence-electron chi connectivity index (χ2n) is 4.13. The van der Waals surface area contributed by atoms with Crippen molar-refractivity contribution in [3.63, 3.8) is 0 Å². The van der Waals surface area contributed by atoms with Gasteiger partial charge in [0.25, 0.3) is 0 Å². The molecule has 0 aliphatic carbocycles. The SMILES string of the molecule is FC(F)(F)c1ccnc(N2CC3NC[C@@H]32)c1. The smallest absolute Gasteiger partial charge is 0.349 e. The van der Waals surface area contributed by atoms with Crippen molar-refractivity contribution in [2.45, 2.75) is 18.3 Å². The fraction of sp³-hybridized carbons (Fsp3) is 0.500. The normalized spacial score (nSPS) is 28.1. The number of rotatable bonds is 1. The quantitative estimate of drug-likeness (QED) is 0.785. The number of hydrogen-bond acceptors (Lipinski definition) is 3. The van der Waals surface area contributed by atoms with Crippen LogP contribution in [0.15, 0.2) is 18.3 Å². The van der Waals surface area contributed by atoms with E-state index < -0.39 is 11.7 Å². The van der Waals surface area contributed by atoms with Gasteiger partial charge in [0.05, 0.1) is 11.6 Å². The lowest BCUT2D eigenvalue weighted by Gasteiger charge is -2.56. The van der Waals surface area contributed by atoms with Gasteiger partial charge in [0, 0.05) is 25.3 Å². The van der Waals surface area contributed by atoms with Crippen LogP contribution in [0.2, 0.25) is 0 Å². The van der Waals surface area contributed by atoms with E-state index in [1.807, 2.05) is 4.90 Å². The summed E-state index contributed by atoms with van der Waals surface area (Å²) in [6.45, 7) is 1.58. The highest BCUT2D eigenvalue weighted by Crippen LogP contribution is 2.34. The number of fused-ring (bicyclic) bond motifs is 1. The van der Waals surface area contributed by atoms with Gasteiger partial charge in [-0.05, 0) is 12.1 Å². The van der Waals surface area contributed by atoms with Crippen molar-refractivity contribution < 1.29 is 13.2 Å². The number of nitrogens with one attached hydrogen (secondary N) is 1. The Balaban J connectivity index is 1.85. The molecule has 1 unspecified atom stereocenters. The van der Waals surface area contributed by atoms with Crippen LogP contribution in [0.25, 0.3) is 0 Å². The topological polar surface area (TPSA) is 28.2 Å². The van der Waals surface area contributed by atoms with Gasteiger partial charge in [-0.25, -0.2) is 4.98 Å². The molecule has 0 spiro atoms. The van der Waals surface area contributed by atoms with E-state index in [2.05, 4.69) is 10.3 Å². The molecular weight excluding hydrogens is 219 g/mol. The molecule has 2 atom stereocenters. The number of anilines is 1. The van der Waals surface area contributed by atoms with Gasteiger partial charge >= 0.3 is 6.18 Å². The van der Waals surface area contributed by atoms with Crippen molar-refractivity contribution >= 4 is 5.82 Å². The molecule has 2 saturated heterocycles. The van der Waals surface area contributed by atoms with Crippen molar-refractivity contribution in [1.82, 2.24) is 10.3 Å².